The second-order valence-corrected chi connectivity index (χ2v) is 11.8. The monoisotopic (exact) mass is 602 g/mol. The van der Waals surface area contributed by atoms with Gasteiger partial charge in [-0.25, -0.2) is 0 Å². The van der Waals surface area contributed by atoms with Gasteiger partial charge < -0.3 is 30.3 Å². The Morgan fingerprint density at radius 2 is 1.02 bits per heavy atom. The van der Waals surface area contributed by atoms with Crippen LogP contribution in [0, 0.1) is 0 Å². The number of Topliss-reactive ketones (excluding diaryl/α,β-unsaturated/α-hetero) is 2. The summed E-state index contributed by atoms with van der Waals surface area (Å²) in [6.07, 6.45) is 7.37. The Kier molecular flexibility index (Phi) is 24.2. The van der Waals surface area contributed by atoms with Crippen molar-refractivity contribution < 1.29 is 44.7 Å². The molecule has 0 bridgehead atoms. The van der Waals surface area contributed by atoms with Crippen molar-refractivity contribution in [2.75, 3.05) is 6.61 Å². The summed E-state index contributed by atoms with van der Waals surface area (Å²) in [6, 6.07) is 0. The zero-order valence-corrected chi connectivity index (χ0v) is 26.7. The van der Waals surface area contributed by atoms with E-state index in [9.17, 15) is 39.9 Å². The van der Waals surface area contributed by atoms with E-state index in [4.69, 9.17) is 4.74 Å². The third kappa shape index (κ3) is 15.9. The minimum atomic E-state index is -3.01. The number of aliphatic hydroxyl groups excluding tert-OH is 4. The molecule has 9 nitrogen and oxygen atoms in total. The van der Waals surface area contributed by atoms with Gasteiger partial charge in [-0.05, 0) is 19.3 Å². The van der Waals surface area contributed by atoms with Gasteiger partial charge in [-0.1, -0.05) is 117 Å². The Morgan fingerprint density at radius 1 is 0.619 bits per heavy atom. The van der Waals surface area contributed by atoms with Gasteiger partial charge in [0.15, 0.2) is 29.4 Å². The van der Waals surface area contributed by atoms with Crippen molar-refractivity contribution in [2.45, 2.75) is 186 Å². The van der Waals surface area contributed by atoms with Gasteiger partial charge in [0.25, 0.3) is 0 Å². The van der Waals surface area contributed by atoms with E-state index in [1.54, 1.807) is 0 Å². The number of unbranched alkanes of at least 4 members (excludes halogenated alkanes) is 15. The molecule has 9 heteroatoms. The van der Waals surface area contributed by atoms with Gasteiger partial charge >= 0.3 is 5.97 Å². The van der Waals surface area contributed by atoms with Gasteiger partial charge in [0.1, 0.15) is 12.2 Å². The standard InChI is InChI=1S/C33H62O9/c1-4-7-10-13-16-19-22-26(35)31(39)33(41,28(36)23-20-17-14-11-8-5-2)32(40)30(38)27(25-34)42-29(37)24-21-18-15-12-9-6-3/h27,30-32,34,38-41H,4-25H2,1-3H3/t27-,30-,31?,32+,33+/m1/s1. The lowest BCUT2D eigenvalue weighted by Crippen LogP contribution is -2.66. The van der Waals surface area contributed by atoms with Crippen molar-refractivity contribution in [3.63, 3.8) is 0 Å². The first-order valence-electron chi connectivity index (χ1n) is 16.7. The normalized spacial score (nSPS) is 15.9. The molecule has 42 heavy (non-hydrogen) atoms. The minimum absolute atomic E-state index is 0.0477. The molecule has 0 rings (SSSR count). The van der Waals surface area contributed by atoms with Crippen LogP contribution in [0.3, 0.4) is 0 Å². The molecule has 0 saturated carbocycles. The van der Waals surface area contributed by atoms with Crippen LogP contribution in [0.15, 0.2) is 0 Å². The van der Waals surface area contributed by atoms with Crippen molar-refractivity contribution in [1.29, 1.82) is 0 Å². The summed E-state index contributed by atoms with van der Waals surface area (Å²) in [7, 11) is 0. The largest absolute Gasteiger partial charge is 0.457 e. The van der Waals surface area contributed by atoms with E-state index in [0.717, 1.165) is 89.9 Å². The third-order valence-electron chi connectivity index (χ3n) is 8.06. The van der Waals surface area contributed by atoms with E-state index in [0.29, 0.717) is 25.7 Å². The number of ketones is 2. The Balaban J connectivity index is 5.46. The number of rotatable bonds is 29. The summed E-state index contributed by atoms with van der Waals surface area (Å²) in [4.78, 5) is 38.5. The smallest absolute Gasteiger partial charge is 0.306 e. The average Bonchev–Trinajstić information content (AvgIpc) is 2.99. The second kappa shape index (κ2) is 25.0. The molecule has 0 heterocycles. The maximum Gasteiger partial charge on any atom is 0.306 e. The number of carbonyl (C=O) groups is 3. The van der Waals surface area contributed by atoms with Crippen LogP contribution in [0.5, 0.6) is 0 Å². The summed E-state index contributed by atoms with van der Waals surface area (Å²) >= 11 is 0. The fourth-order valence-electron chi connectivity index (χ4n) is 5.16. The van der Waals surface area contributed by atoms with E-state index >= 15 is 0 Å². The van der Waals surface area contributed by atoms with Crippen molar-refractivity contribution in [3.8, 4) is 0 Å². The molecule has 0 radical (unpaired) electrons. The zero-order valence-electron chi connectivity index (χ0n) is 26.7. The molecule has 5 atom stereocenters. The molecule has 0 fully saturated rings. The lowest BCUT2D eigenvalue weighted by Gasteiger charge is -2.38. The van der Waals surface area contributed by atoms with E-state index in [-0.39, 0.29) is 19.3 Å². The lowest BCUT2D eigenvalue weighted by atomic mass is 9.78. The van der Waals surface area contributed by atoms with Gasteiger partial charge in [-0.2, -0.15) is 0 Å². The Morgan fingerprint density at radius 3 is 1.48 bits per heavy atom. The van der Waals surface area contributed by atoms with E-state index in [2.05, 4.69) is 20.8 Å². The Bertz CT molecular complexity index is 714. The van der Waals surface area contributed by atoms with E-state index in [1.807, 2.05) is 0 Å². The quantitative estimate of drug-likeness (QED) is 0.0580. The Labute approximate surface area is 254 Å². The maximum absolute atomic E-state index is 13.3. The van der Waals surface area contributed by atoms with Gasteiger partial charge in [-0.3, -0.25) is 14.4 Å². The molecule has 0 amide bonds. The molecule has 248 valence electrons. The van der Waals surface area contributed by atoms with Crippen LogP contribution in [-0.2, 0) is 19.1 Å². The predicted molar refractivity (Wildman–Crippen MR) is 164 cm³/mol. The van der Waals surface area contributed by atoms with Crippen molar-refractivity contribution in [1.82, 2.24) is 0 Å². The minimum Gasteiger partial charge on any atom is -0.457 e. The summed E-state index contributed by atoms with van der Waals surface area (Å²) in [5.74, 6) is -2.47. The van der Waals surface area contributed by atoms with Gasteiger partial charge in [0.2, 0.25) is 0 Å². The average molecular weight is 603 g/mol. The molecule has 0 aliphatic rings. The van der Waals surface area contributed by atoms with E-state index < -0.39 is 54.2 Å². The van der Waals surface area contributed by atoms with Crippen LogP contribution in [0.4, 0.5) is 0 Å². The molecule has 0 aromatic rings. The number of esters is 1. The van der Waals surface area contributed by atoms with Crippen molar-refractivity contribution >= 4 is 17.5 Å². The number of hydrogen-bond donors (Lipinski definition) is 5. The van der Waals surface area contributed by atoms with Crippen molar-refractivity contribution in [3.05, 3.63) is 0 Å². The number of hydrogen-bond acceptors (Lipinski definition) is 9. The molecule has 0 saturated heterocycles. The fourth-order valence-corrected chi connectivity index (χ4v) is 5.16. The molecular formula is C33H62O9. The number of ether oxygens (including phenoxy) is 1. The van der Waals surface area contributed by atoms with Crippen LogP contribution < -0.4 is 0 Å². The highest BCUT2D eigenvalue weighted by molar-refractivity contribution is 5.96. The first-order valence-corrected chi connectivity index (χ1v) is 16.7. The van der Waals surface area contributed by atoms with Gasteiger partial charge in [-0.15, -0.1) is 0 Å². The van der Waals surface area contributed by atoms with Crippen LogP contribution in [0.25, 0.3) is 0 Å². The lowest BCUT2D eigenvalue weighted by molar-refractivity contribution is -0.206. The van der Waals surface area contributed by atoms with Crippen molar-refractivity contribution in [2.24, 2.45) is 0 Å². The van der Waals surface area contributed by atoms with Crippen LogP contribution in [0.2, 0.25) is 0 Å². The van der Waals surface area contributed by atoms with Crippen LogP contribution in [-0.4, -0.2) is 79.7 Å². The number of carbonyl (C=O) groups excluding carboxylic acids is 3. The molecule has 1 unspecified atom stereocenters. The molecule has 0 aliphatic heterocycles. The Hall–Kier alpha value is -1.39. The van der Waals surface area contributed by atoms with Gasteiger partial charge in [0, 0.05) is 19.3 Å². The summed E-state index contributed by atoms with van der Waals surface area (Å²) in [6.45, 7) is 5.41. The predicted octanol–water partition coefficient (Wildman–Crippen LogP) is 5.09. The molecule has 5 N–H and O–H groups in total. The van der Waals surface area contributed by atoms with Crippen LogP contribution in [0.1, 0.15) is 156 Å². The summed E-state index contributed by atoms with van der Waals surface area (Å²) in [5.41, 5.74) is -3.01. The molecular weight excluding hydrogens is 540 g/mol. The molecule has 0 spiro atoms. The number of aliphatic hydroxyl groups is 5. The first kappa shape index (κ1) is 40.6. The van der Waals surface area contributed by atoms with Crippen LogP contribution >= 0.6 is 0 Å². The molecule has 0 aromatic carbocycles. The summed E-state index contributed by atoms with van der Waals surface area (Å²) < 4.78 is 5.19. The molecule has 0 aromatic heterocycles. The fraction of sp³-hybridized carbons (Fsp3) is 0.909. The van der Waals surface area contributed by atoms with Gasteiger partial charge in [0.05, 0.1) is 6.61 Å². The SMILES string of the molecule is CCCCCCCCC(=O)O[C@H](CO)[C@@H](O)[C@H](O)[C@](O)(C(=O)CCCCCCCC)C(O)C(=O)CCCCCCCC. The topological polar surface area (TPSA) is 162 Å². The highest BCUT2D eigenvalue weighted by Crippen LogP contribution is 2.27. The summed E-state index contributed by atoms with van der Waals surface area (Å²) in [5, 5.41) is 54.1. The molecule has 0 aliphatic carbocycles. The maximum atomic E-state index is 13.3. The highest BCUT2D eigenvalue weighted by Gasteiger charge is 2.55. The second-order valence-electron chi connectivity index (χ2n) is 11.8. The van der Waals surface area contributed by atoms with E-state index in [1.165, 1.54) is 0 Å². The zero-order chi connectivity index (χ0) is 31.8. The first-order chi connectivity index (χ1) is 20.1. The highest BCUT2D eigenvalue weighted by atomic mass is 16.6. The third-order valence-corrected chi connectivity index (χ3v) is 8.06.